The topological polar surface area (TPSA) is 119 Å². The molecule has 2 aromatic carbocycles. The summed E-state index contributed by atoms with van der Waals surface area (Å²) in [4.78, 5) is 25.1. The van der Waals surface area contributed by atoms with Crippen LogP contribution in [0.4, 0.5) is 0 Å². The van der Waals surface area contributed by atoms with Gasteiger partial charge in [-0.1, -0.05) is 36.4 Å². The molecule has 0 saturated heterocycles. The summed E-state index contributed by atoms with van der Waals surface area (Å²) < 4.78 is 27.7. The highest BCUT2D eigenvalue weighted by Crippen LogP contribution is 2.17. The van der Waals surface area contributed by atoms with E-state index in [1.54, 1.807) is 24.3 Å². The minimum atomic E-state index is -4.22. The summed E-state index contributed by atoms with van der Waals surface area (Å²) in [7, 11) is -4.22. The van der Waals surface area contributed by atoms with Crippen molar-refractivity contribution in [1.29, 1.82) is 0 Å². The predicted molar refractivity (Wildman–Crippen MR) is 101 cm³/mol. The number of aromatic nitrogens is 2. The number of sulfone groups is 1. The van der Waals surface area contributed by atoms with Gasteiger partial charge < -0.3 is 10.2 Å². The van der Waals surface area contributed by atoms with Crippen LogP contribution in [0.15, 0.2) is 86.2 Å². The van der Waals surface area contributed by atoms with Gasteiger partial charge in [-0.05, 0) is 24.3 Å². The first-order chi connectivity index (χ1) is 13.4. The molecular formula is C19H18N2O6S. The van der Waals surface area contributed by atoms with Gasteiger partial charge in [0, 0.05) is 6.20 Å². The summed E-state index contributed by atoms with van der Waals surface area (Å²) >= 11 is 0. The van der Waals surface area contributed by atoms with Crippen LogP contribution in [0.3, 0.4) is 0 Å². The van der Waals surface area contributed by atoms with E-state index in [0.29, 0.717) is 0 Å². The third kappa shape index (κ3) is 3.68. The summed E-state index contributed by atoms with van der Waals surface area (Å²) in [6, 6.07) is 15.3. The summed E-state index contributed by atoms with van der Waals surface area (Å²) in [5.41, 5.74) is -1.62. The van der Waals surface area contributed by atoms with Gasteiger partial charge in [0.25, 0.3) is 5.56 Å². The zero-order chi connectivity index (χ0) is 20.3. The van der Waals surface area contributed by atoms with E-state index in [0.717, 1.165) is 15.3 Å². The summed E-state index contributed by atoms with van der Waals surface area (Å²) in [6.45, 7) is -1.00. The fourth-order valence-corrected chi connectivity index (χ4v) is 4.07. The van der Waals surface area contributed by atoms with Crippen molar-refractivity contribution >= 4 is 9.84 Å². The number of rotatable bonds is 6. The lowest BCUT2D eigenvalue weighted by Crippen LogP contribution is -2.42. The average molecular weight is 402 g/mol. The van der Waals surface area contributed by atoms with E-state index >= 15 is 0 Å². The zero-order valence-electron chi connectivity index (χ0n) is 14.7. The molecule has 1 atom stereocenters. The Labute approximate surface area is 160 Å². The van der Waals surface area contributed by atoms with Crippen molar-refractivity contribution < 1.29 is 18.6 Å². The van der Waals surface area contributed by atoms with Crippen LogP contribution in [0.1, 0.15) is 0 Å². The molecule has 0 fully saturated rings. The van der Waals surface area contributed by atoms with Gasteiger partial charge in [0.1, 0.15) is 0 Å². The molecule has 0 aliphatic carbocycles. The first kappa shape index (κ1) is 19.7. The Kier molecular flexibility index (Phi) is 5.59. The van der Waals surface area contributed by atoms with Crippen LogP contribution in [0.5, 0.6) is 0 Å². The standard InChI is InChI=1S/C19H18N2O6S/c22-13-15(23)11-20-12-17(28(26,27)16-9-5-2-6-10-16)18(24)21(19(20)25)14-7-3-1-4-8-14/h1-10,12,15,22-23H,11,13H2. The average Bonchev–Trinajstić information content (AvgIpc) is 2.71. The van der Waals surface area contributed by atoms with E-state index < -0.39 is 38.7 Å². The van der Waals surface area contributed by atoms with Gasteiger partial charge >= 0.3 is 5.69 Å². The van der Waals surface area contributed by atoms with Gasteiger partial charge in [0.2, 0.25) is 9.84 Å². The Morgan fingerprint density at radius 3 is 2.07 bits per heavy atom. The molecule has 1 unspecified atom stereocenters. The minimum Gasteiger partial charge on any atom is -0.394 e. The Bertz CT molecular complexity index is 1180. The molecule has 146 valence electrons. The number of nitrogens with zero attached hydrogens (tertiary/aromatic N) is 2. The molecule has 0 aliphatic heterocycles. The molecule has 0 amide bonds. The second-order valence-corrected chi connectivity index (χ2v) is 7.98. The fourth-order valence-electron chi connectivity index (χ4n) is 2.71. The molecule has 28 heavy (non-hydrogen) atoms. The van der Waals surface area contributed by atoms with Crippen LogP contribution in [0.2, 0.25) is 0 Å². The maximum absolute atomic E-state index is 13.0. The second-order valence-electron chi connectivity index (χ2n) is 6.06. The summed E-state index contributed by atoms with van der Waals surface area (Å²) in [6.07, 6.45) is -0.391. The fraction of sp³-hybridized carbons (Fsp3) is 0.158. The molecule has 2 N–H and O–H groups in total. The monoisotopic (exact) mass is 402 g/mol. The smallest absolute Gasteiger partial charge is 0.335 e. The van der Waals surface area contributed by atoms with Crippen LogP contribution >= 0.6 is 0 Å². The Balaban J connectivity index is 2.33. The normalized spacial score (nSPS) is 12.6. The number of hydrogen-bond donors (Lipinski definition) is 2. The molecule has 3 aromatic rings. The molecule has 1 aromatic heterocycles. The lowest BCUT2D eigenvalue weighted by molar-refractivity contribution is 0.0796. The van der Waals surface area contributed by atoms with Crippen molar-refractivity contribution in [3.63, 3.8) is 0 Å². The van der Waals surface area contributed by atoms with Crippen molar-refractivity contribution in [3.8, 4) is 5.69 Å². The molecule has 9 heteroatoms. The van der Waals surface area contributed by atoms with Crippen LogP contribution in [-0.2, 0) is 16.4 Å². The quantitative estimate of drug-likeness (QED) is 0.607. The maximum atomic E-state index is 13.0. The molecular weight excluding hydrogens is 384 g/mol. The van der Waals surface area contributed by atoms with Gasteiger partial charge in [0.15, 0.2) is 4.90 Å². The van der Waals surface area contributed by atoms with E-state index in [2.05, 4.69) is 0 Å². The highest BCUT2D eigenvalue weighted by Gasteiger charge is 2.26. The van der Waals surface area contributed by atoms with Crippen LogP contribution < -0.4 is 11.2 Å². The SMILES string of the molecule is O=c1c(S(=O)(=O)c2ccccc2)cn(CC(O)CO)c(=O)n1-c1ccccc1. The van der Waals surface area contributed by atoms with E-state index in [4.69, 9.17) is 5.11 Å². The molecule has 3 rings (SSSR count). The second kappa shape index (κ2) is 7.93. The molecule has 0 bridgehead atoms. The lowest BCUT2D eigenvalue weighted by Gasteiger charge is -2.15. The van der Waals surface area contributed by atoms with Crippen molar-refractivity contribution in [2.24, 2.45) is 0 Å². The van der Waals surface area contributed by atoms with Gasteiger partial charge in [-0.3, -0.25) is 9.36 Å². The number of aliphatic hydroxyl groups excluding tert-OH is 2. The Morgan fingerprint density at radius 2 is 1.50 bits per heavy atom. The summed E-state index contributed by atoms with van der Waals surface area (Å²) in [5, 5.41) is 18.8. The first-order valence-electron chi connectivity index (χ1n) is 8.37. The number of hydrogen-bond acceptors (Lipinski definition) is 6. The van der Waals surface area contributed by atoms with Gasteiger partial charge in [-0.15, -0.1) is 0 Å². The highest BCUT2D eigenvalue weighted by molar-refractivity contribution is 7.91. The molecule has 0 aliphatic rings. The number of para-hydroxylation sites is 1. The van der Waals surface area contributed by atoms with Crippen LogP contribution in [0, 0.1) is 0 Å². The molecule has 0 spiro atoms. The maximum Gasteiger partial charge on any atom is 0.335 e. The lowest BCUT2D eigenvalue weighted by atomic mass is 10.3. The zero-order valence-corrected chi connectivity index (χ0v) is 15.5. The van der Waals surface area contributed by atoms with Gasteiger partial charge in [-0.25, -0.2) is 17.8 Å². The van der Waals surface area contributed by atoms with Crippen molar-refractivity contribution in [2.75, 3.05) is 6.61 Å². The Morgan fingerprint density at radius 1 is 0.929 bits per heavy atom. The van der Waals surface area contributed by atoms with Crippen LogP contribution in [-0.4, -0.2) is 40.5 Å². The van der Waals surface area contributed by atoms with E-state index in [-0.39, 0.29) is 17.1 Å². The number of benzene rings is 2. The van der Waals surface area contributed by atoms with Crippen molar-refractivity contribution in [2.45, 2.75) is 22.4 Å². The highest BCUT2D eigenvalue weighted by atomic mass is 32.2. The third-order valence-electron chi connectivity index (χ3n) is 4.10. The van der Waals surface area contributed by atoms with Gasteiger partial charge in [-0.2, -0.15) is 0 Å². The predicted octanol–water partition coefficient (Wildman–Crippen LogP) is 0.185. The molecule has 0 saturated carbocycles. The van der Waals surface area contributed by atoms with Crippen molar-refractivity contribution in [1.82, 2.24) is 9.13 Å². The largest absolute Gasteiger partial charge is 0.394 e. The Hall–Kier alpha value is -3.01. The van der Waals surface area contributed by atoms with Gasteiger partial charge in [0.05, 0.1) is 29.8 Å². The molecule has 0 radical (unpaired) electrons. The van der Waals surface area contributed by atoms with Crippen LogP contribution in [0.25, 0.3) is 5.69 Å². The van der Waals surface area contributed by atoms with Crippen molar-refractivity contribution in [3.05, 3.63) is 87.7 Å². The van der Waals surface area contributed by atoms with E-state index in [1.807, 2.05) is 0 Å². The minimum absolute atomic E-state index is 0.0976. The number of aliphatic hydroxyl groups is 2. The van der Waals surface area contributed by atoms with E-state index in [9.17, 15) is 23.1 Å². The first-order valence-corrected chi connectivity index (χ1v) is 9.85. The molecule has 8 nitrogen and oxygen atoms in total. The summed E-state index contributed by atoms with van der Waals surface area (Å²) in [5.74, 6) is 0. The van der Waals surface area contributed by atoms with E-state index in [1.165, 1.54) is 36.4 Å². The molecule has 1 heterocycles. The third-order valence-corrected chi connectivity index (χ3v) is 5.85.